The Morgan fingerprint density at radius 3 is 3.05 bits per heavy atom. The van der Waals surface area contributed by atoms with Gasteiger partial charge in [0.2, 0.25) is 5.88 Å². The average Bonchev–Trinajstić information content (AvgIpc) is 2.46. The van der Waals surface area contributed by atoms with Crippen LogP contribution in [0.25, 0.3) is 0 Å². The third-order valence-electron chi connectivity index (χ3n) is 3.82. The maximum Gasteiger partial charge on any atom is 0.218 e. The molecule has 1 aliphatic rings. The van der Waals surface area contributed by atoms with E-state index in [1.54, 1.807) is 6.33 Å². The SMILES string of the molecule is CCCOc1cc(N2CCC(C)C(CN)C2)ncn1. The van der Waals surface area contributed by atoms with Gasteiger partial charge in [-0.3, -0.25) is 0 Å². The smallest absolute Gasteiger partial charge is 0.218 e. The topological polar surface area (TPSA) is 64.3 Å². The standard InChI is InChI=1S/C14H24N4O/c1-3-6-19-14-7-13(16-10-17-14)18-5-4-11(2)12(8-15)9-18/h7,10-12H,3-6,8-9,15H2,1-2H3. The summed E-state index contributed by atoms with van der Waals surface area (Å²) in [5.41, 5.74) is 5.85. The first kappa shape index (κ1) is 14.1. The number of piperidine rings is 1. The van der Waals surface area contributed by atoms with E-state index in [-0.39, 0.29) is 0 Å². The second-order valence-electron chi connectivity index (χ2n) is 5.27. The Kier molecular flexibility index (Phi) is 4.96. The lowest BCUT2D eigenvalue weighted by Gasteiger charge is -2.37. The number of nitrogens with zero attached hydrogens (tertiary/aromatic N) is 3. The Labute approximate surface area is 115 Å². The molecule has 0 aliphatic carbocycles. The van der Waals surface area contributed by atoms with E-state index >= 15 is 0 Å². The molecule has 0 spiro atoms. The van der Waals surface area contributed by atoms with E-state index in [0.717, 1.165) is 38.3 Å². The van der Waals surface area contributed by atoms with Crippen molar-refractivity contribution in [1.82, 2.24) is 9.97 Å². The van der Waals surface area contributed by atoms with Crippen LogP contribution in [0.15, 0.2) is 12.4 Å². The van der Waals surface area contributed by atoms with Gasteiger partial charge in [-0.25, -0.2) is 9.97 Å². The van der Waals surface area contributed by atoms with Gasteiger partial charge in [0.1, 0.15) is 12.1 Å². The van der Waals surface area contributed by atoms with E-state index in [4.69, 9.17) is 10.5 Å². The molecule has 1 aromatic heterocycles. The normalized spacial score (nSPS) is 23.4. The molecule has 0 radical (unpaired) electrons. The van der Waals surface area contributed by atoms with Crippen molar-refractivity contribution in [3.63, 3.8) is 0 Å². The lowest BCUT2D eigenvalue weighted by molar-refractivity contribution is 0.300. The minimum Gasteiger partial charge on any atom is -0.478 e. The Bertz CT molecular complexity index is 399. The Morgan fingerprint density at radius 2 is 2.32 bits per heavy atom. The number of ether oxygens (including phenoxy) is 1. The molecule has 2 unspecified atom stereocenters. The zero-order valence-electron chi connectivity index (χ0n) is 11.9. The van der Waals surface area contributed by atoms with Gasteiger partial charge in [0.15, 0.2) is 0 Å². The van der Waals surface area contributed by atoms with E-state index in [1.807, 2.05) is 6.07 Å². The molecule has 2 N–H and O–H groups in total. The van der Waals surface area contributed by atoms with Crippen molar-refractivity contribution in [3.05, 3.63) is 12.4 Å². The lowest BCUT2D eigenvalue weighted by Crippen LogP contribution is -2.43. The van der Waals surface area contributed by atoms with E-state index in [9.17, 15) is 0 Å². The van der Waals surface area contributed by atoms with Crippen LogP contribution >= 0.6 is 0 Å². The largest absolute Gasteiger partial charge is 0.478 e. The molecule has 2 heterocycles. The summed E-state index contributed by atoms with van der Waals surface area (Å²) >= 11 is 0. The number of anilines is 1. The average molecular weight is 264 g/mol. The van der Waals surface area contributed by atoms with Gasteiger partial charge in [-0.2, -0.15) is 0 Å². The van der Waals surface area contributed by atoms with Crippen LogP contribution in [0.1, 0.15) is 26.7 Å². The van der Waals surface area contributed by atoms with Gasteiger partial charge in [-0.1, -0.05) is 13.8 Å². The van der Waals surface area contributed by atoms with Gasteiger partial charge in [0.25, 0.3) is 0 Å². The summed E-state index contributed by atoms with van der Waals surface area (Å²) in [5.74, 6) is 2.85. The highest BCUT2D eigenvalue weighted by atomic mass is 16.5. The predicted molar refractivity (Wildman–Crippen MR) is 76.4 cm³/mol. The van der Waals surface area contributed by atoms with Gasteiger partial charge in [-0.05, 0) is 31.2 Å². The molecule has 19 heavy (non-hydrogen) atoms. The van der Waals surface area contributed by atoms with Crippen molar-refractivity contribution in [2.45, 2.75) is 26.7 Å². The molecule has 5 heteroatoms. The molecule has 2 atom stereocenters. The van der Waals surface area contributed by atoms with Crippen LogP contribution in [-0.2, 0) is 0 Å². The van der Waals surface area contributed by atoms with Crippen LogP contribution in [0, 0.1) is 11.8 Å². The van der Waals surface area contributed by atoms with E-state index in [1.165, 1.54) is 0 Å². The fourth-order valence-electron chi connectivity index (χ4n) is 2.45. The van der Waals surface area contributed by atoms with Crippen molar-refractivity contribution in [1.29, 1.82) is 0 Å². The van der Waals surface area contributed by atoms with Crippen LogP contribution in [0.3, 0.4) is 0 Å². The summed E-state index contributed by atoms with van der Waals surface area (Å²) < 4.78 is 5.56. The van der Waals surface area contributed by atoms with Crippen molar-refractivity contribution in [2.75, 3.05) is 31.1 Å². The van der Waals surface area contributed by atoms with Crippen molar-refractivity contribution in [2.24, 2.45) is 17.6 Å². The van der Waals surface area contributed by atoms with Crippen LogP contribution in [0.2, 0.25) is 0 Å². The van der Waals surface area contributed by atoms with E-state index in [0.29, 0.717) is 24.3 Å². The summed E-state index contributed by atoms with van der Waals surface area (Å²) in [7, 11) is 0. The van der Waals surface area contributed by atoms with Crippen LogP contribution in [-0.4, -0.2) is 36.2 Å². The Morgan fingerprint density at radius 1 is 1.47 bits per heavy atom. The third-order valence-corrected chi connectivity index (χ3v) is 3.82. The molecule has 0 amide bonds. The molecule has 1 aromatic rings. The van der Waals surface area contributed by atoms with Gasteiger partial charge >= 0.3 is 0 Å². The van der Waals surface area contributed by atoms with E-state index < -0.39 is 0 Å². The molecule has 5 nitrogen and oxygen atoms in total. The number of hydrogen-bond acceptors (Lipinski definition) is 5. The van der Waals surface area contributed by atoms with Gasteiger partial charge in [0.05, 0.1) is 6.61 Å². The van der Waals surface area contributed by atoms with Crippen molar-refractivity contribution < 1.29 is 4.74 Å². The maximum atomic E-state index is 5.85. The second-order valence-corrected chi connectivity index (χ2v) is 5.27. The summed E-state index contributed by atoms with van der Waals surface area (Å²) in [5, 5.41) is 0. The van der Waals surface area contributed by atoms with E-state index in [2.05, 4.69) is 28.7 Å². The highest BCUT2D eigenvalue weighted by Gasteiger charge is 2.26. The highest BCUT2D eigenvalue weighted by Crippen LogP contribution is 2.26. The molecule has 106 valence electrons. The number of rotatable bonds is 5. The minimum atomic E-state index is 0.545. The number of nitrogens with two attached hydrogens (primary N) is 1. The van der Waals surface area contributed by atoms with Crippen molar-refractivity contribution >= 4 is 5.82 Å². The Hall–Kier alpha value is -1.36. The highest BCUT2D eigenvalue weighted by molar-refractivity contribution is 5.41. The first-order valence-corrected chi connectivity index (χ1v) is 7.14. The molecule has 0 aromatic carbocycles. The summed E-state index contributed by atoms with van der Waals surface area (Å²) in [6, 6.07) is 1.93. The quantitative estimate of drug-likeness (QED) is 0.876. The first-order chi connectivity index (χ1) is 9.24. The third kappa shape index (κ3) is 3.56. The lowest BCUT2D eigenvalue weighted by atomic mass is 9.87. The zero-order chi connectivity index (χ0) is 13.7. The maximum absolute atomic E-state index is 5.85. The minimum absolute atomic E-state index is 0.545. The van der Waals surface area contributed by atoms with Crippen LogP contribution in [0.4, 0.5) is 5.82 Å². The predicted octanol–water partition coefficient (Wildman–Crippen LogP) is 1.69. The molecule has 1 saturated heterocycles. The van der Waals surface area contributed by atoms with Crippen LogP contribution < -0.4 is 15.4 Å². The van der Waals surface area contributed by atoms with Gasteiger partial charge in [0, 0.05) is 19.2 Å². The van der Waals surface area contributed by atoms with Crippen LogP contribution in [0.5, 0.6) is 5.88 Å². The molecule has 2 rings (SSSR count). The fourth-order valence-corrected chi connectivity index (χ4v) is 2.45. The van der Waals surface area contributed by atoms with Crippen molar-refractivity contribution in [3.8, 4) is 5.88 Å². The summed E-state index contributed by atoms with van der Waals surface area (Å²) in [6.45, 7) is 7.80. The molecule has 0 bridgehead atoms. The monoisotopic (exact) mass is 264 g/mol. The number of aromatic nitrogens is 2. The first-order valence-electron chi connectivity index (χ1n) is 7.14. The molecule has 1 fully saturated rings. The molecular formula is C14H24N4O. The fraction of sp³-hybridized carbons (Fsp3) is 0.714. The van der Waals surface area contributed by atoms with Gasteiger partial charge < -0.3 is 15.4 Å². The second kappa shape index (κ2) is 6.70. The number of hydrogen-bond donors (Lipinski definition) is 1. The zero-order valence-corrected chi connectivity index (χ0v) is 11.9. The summed E-state index contributed by atoms with van der Waals surface area (Å²) in [6.07, 6.45) is 3.72. The molecule has 1 aliphatic heterocycles. The summed E-state index contributed by atoms with van der Waals surface area (Å²) in [4.78, 5) is 10.8. The molecular weight excluding hydrogens is 240 g/mol. The molecule has 0 saturated carbocycles. The van der Waals surface area contributed by atoms with Gasteiger partial charge in [-0.15, -0.1) is 0 Å². The Balaban J connectivity index is 2.04.